The van der Waals surface area contributed by atoms with E-state index in [4.69, 9.17) is 4.74 Å². The molecule has 1 N–H and O–H groups in total. The van der Waals surface area contributed by atoms with E-state index >= 15 is 0 Å². The number of aliphatic hydroxyl groups excluding tert-OH is 1. The van der Waals surface area contributed by atoms with E-state index < -0.39 is 0 Å². The number of aliphatic hydroxyl groups is 1. The molecule has 2 rings (SSSR count). The molecule has 0 amide bonds. The molecule has 1 unspecified atom stereocenters. The summed E-state index contributed by atoms with van der Waals surface area (Å²) in [5, 5.41) is 9.97. The monoisotopic (exact) mass is 234 g/mol. The Morgan fingerprint density at radius 2 is 2.29 bits per heavy atom. The Morgan fingerprint density at radius 3 is 3.06 bits per heavy atom. The van der Waals surface area contributed by atoms with Crippen molar-refractivity contribution < 1.29 is 9.84 Å². The van der Waals surface area contributed by atoms with E-state index in [2.05, 4.69) is 19.9 Å². The minimum absolute atomic E-state index is 0.249. The minimum atomic E-state index is -0.302. The van der Waals surface area contributed by atoms with Crippen LogP contribution >= 0.6 is 0 Å². The minimum Gasteiger partial charge on any atom is -0.491 e. The summed E-state index contributed by atoms with van der Waals surface area (Å²) in [6.45, 7) is 4.26. The fourth-order valence-electron chi connectivity index (χ4n) is 2.52. The maximum Gasteiger partial charge on any atom is 0.120 e. The fraction of sp³-hybridized carbons (Fsp3) is 0.600. The molecule has 0 aliphatic heterocycles. The van der Waals surface area contributed by atoms with Gasteiger partial charge in [-0.2, -0.15) is 0 Å². The van der Waals surface area contributed by atoms with Crippen LogP contribution in [0.1, 0.15) is 56.8 Å². The molecule has 1 aliphatic rings. The van der Waals surface area contributed by atoms with Gasteiger partial charge in [0.1, 0.15) is 5.75 Å². The van der Waals surface area contributed by atoms with Gasteiger partial charge in [-0.15, -0.1) is 0 Å². The number of rotatable bonds is 4. The molecule has 1 aromatic carbocycles. The van der Waals surface area contributed by atoms with Crippen LogP contribution in [0.3, 0.4) is 0 Å². The third kappa shape index (κ3) is 3.01. The molecule has 2 nitrogen and oxygen atoms in total. The molecule has 0 radical (unpaired) electrons. The molecule has 0 bridgehead atoms. The summed E-state index contributed by atoms with van der Waals surface area (Å²) in [6.07, 6.45) is 5.19. The second-order valence-electron chi connectivity index (χ2n) is 4.99. The molecule has 0 spiro atoms. The van der Waals surface area contributed by atoms with Crippen LogP contribution in [0.2, 0.25) is 0 Å². The molecule has 1 aromatic rings. The highest BCUT2D eigenvalue weighted by Crippen LogP contribution is 2.32. The summed E-state index contributed by atoms with van der Waals surface area (Å²) in [4.78, 5) is 0. The molecule has 17 heavy (non-hydrogen) atoms. The first-order valence-corrected chi connectivity index (χ1v) is 6.68. The van der Waals surface area contributed by atoms with Crippen molar-refractivity contribution in [2.45, 2.75) is 58.2 Å². The average molecular weight is 234 g/mol. The van der Waals surface area contributed by atoms with Gasteiger partial charge in [0.2, 0.25) is 0 Å². The van der Waals surface area contributed by atoms with Gasteiger partial charge in [0, 0.05) is 0 Å². The maximum absolute atomic E-state index is 9.97. The Bertz CT molecular complexity index is 373. The molecule has 0 saturated carbocycles. The van der Waals surface area contributed by atoms with Crippen LogP contribution in [0.4, 0.5) is 0 Å². The molecule has 0 heterocycles. The standard InChI is InChI=1S/C15H22O2/c1-3-5-11(2)17-13-9-8-12-6-4-7-15(16)14(12)10-13/h8-11,15-16H,3-7H2,1-2H3/t11?,15-/m1/s1. The molecule has 0 aromatic heterocycles. The SMILES string of the molecule is CCCC(C)Oc1ccc2c(c1)[C@H](O)CCC2. The van der Waals surface area contributed by atoms with E-state index in [1.807, 2.05) is 12.1 Å². The van der Waals surface area contributed by atoms with Gasteiger partial charge in [-0.3, -0.25) is 0 Å². The van der Waals surface area contributed by atoms with Crippen molar-refractivity contribution in [3.05, 3.63) is 29.3 Å². The smallest absolute Gasteiger partial charge is 0.120 e. The summed E-state index contributed by atoms with van der Waals surface area (Å²) >= 11 is 0. The Hall–Kier alpha value is -1.02. The Balaban J connectivity index is 2.12. The highest BCUT2D eigenvalue weighted by atomic mass is 16.5. The van der Waals surface area contributed by atoms with E-state index in [1.165, 1.54) is 5.56 Å². The van der Waals surface area contributed by atoms with Crippen LogP contribution in [0.5, 0.6) is 5.75 Å². The van der Waals surface area contributed by atoms with Gasteiger partial charge in [0.15, 0.2) is 0 Å². The Morgan fingerprint density at radius 1 is 1.47 bits per heavy atom. The third-order valence-corrected chi connectivity index (χ3v) is 3.43. The summed E-state index contributed by atoms with van der Waals surface area (Å²) in [5.41, 5.74) is 2.34. The van der Waals surface area contributed by atoms with Crippen LogP contribution in [0.25, 0.3) is 0 Å². The highest BCUT2D eigenvalue weighted by Gasteiger charge is 2.18. The van der Waals surface area contributed by atoms with Gasteiger partial charge in [0.25, 0.3) is 0 Å². The van der Waals surface area contributed by atoms with Crippen molar-refractivity contribution >= 4 is 0 Å². The highest BCUT2D eigenvalue weighted by molar-refractivity contribution is 5.38. The lowest BCUT2D eigenvalue weighted by Gasteiger charge is -2.23. The van der Waals surface area contributed by atoms with Crippen molar-refractivity contribution in [2.75, 3.05) is 0 Å². The third-order valence-electron chi connectivity index (χ3n) is 3.43. The molecule has 94 valence electrons. The van der Waals surface area contributed by atoms with Gasteiger partial charge in [-0.1, -0.05) is 19.4 Å². The summed E-state index contributed by atoms with van der Waals surface area (Å²) in [7, 11) is 0. The maximum atomic E-state index is 9.97. The summed E-state index contributed by atoms with van der Waals surface area (Å²) < 4.78 is 5.86. The largest absolute Gasteiger partial charge is 0.491 e. The second kappa shape index (κ2) is 5.54. The van der Waals surface area contributed by atoms with Crippen molar-refractivity contribution in [2.24, 2.45) is 0 Å². The van der Waals surface area contributed by atoms with Gasteiger partial charge in [-0.05, 0) is 55.9 Å². The van der Waals surface area contributed by atoms with Gasteiger partial charge < -0.3 is 9.84 Å². The van der Waals surface area contributed by atoms with Gasteiger partial charge in [-0.25, -0.2) is 0 Å². The number of aryl methyl sites for hydroxylation is 1. The first-order valence-electron chi connectivity index (χ1n) is 6.68. The normalized spacial score (nSPS) is 20.8. The quantitative estimate of drug-likeness (QED) is 0.862. The van der Waals surface area contributed by atoms with Crippen molar-refractivity contribution in [3.63, 3.8) is 0 Å². The van der Waals surface area contributed by atoms with E-state index in [9.17, 15) is 5.11 Å². The first kappa shape index (κ1) is 12.4. The lowest BCUT2D eigenvalue weighted by Crippen LogP contribution is -2.13. The predicted octanol–water partition coefficient (Wildman–Crippen LogP) is 3.62. The zero-order chi connectivity index (χ0) is 12.3. The Labute approximate surface area is 104 Å². The number of fused-ring (bicyclic) bond motifs is 1. The number of hydrogen-bond donors (Lipinski definition) is 1. The van der Waals surface area contributed by atoms with Crippen LogP contribution < -0.4 is 4.74 Å². The zero-order valence-corrected chi connectivity index (χ0v) is 10.8. The van der Waals surface area contributed by atoms with Crippen LogP contribution in [0, 0.1) is 0 Å². The molecular formula is C15H22O2. The molecular weight excluding hydrogens is 212 g/mol. The van der Waals surface area contributed by atoms with Crippen molar-refractivity contribution in [1.82, 2.24) is 0 Å². The van der Waals surface area contributed by atoms with E-state index in [0.717, 1.165) is 43.4 Å². The zero-order valence-electron chi connectivity index (χ0n) is 10.8. The molecule has 2 atom stereocenters. The molecule has 0 fully saturated rings. The average Bonchev–Trinajstić information content (AvgIpc) is 2.30. The van der Waals surface area contributed by atoms with Crippen LogP contribution in [0.15, 0.2) is 18.2 Å². The van der Waals surface area contributed by atoms with Crippen LogP contribution in [-0.4, -0.2) is 11.2 Å². The summed E-state index contributed by atoms with van der Waals surface area (Å²) in [5.74, 6) is 0.894. The van der Waals surface area contributed by atoms with E-state index in [0.29, 0.717) is 0 Å². The fourth-order valence-corrected chi connectivity index (χ4v) is 2.52. The topological polar surface area (TPSA) is 29.5 Å². The van der Waals surface area contributed by atoms with E-state index in [-0.39, 0.29) is 12.2 Å². The second-order valence-corrected chi connectivity index (χ2v) is 4.99. The van der Waals surface area contributed by atoms with E-state index in [1.54, 1.807) is 0 Å². The predicted molar refractivity (Wildman–Crippen MR) is 69.3 cm³/mol. The molecule has 1 aliphatic carbocycles. The van der Waals surface area contributed by atoms with Crippen LogP contribution in [-0.2, 0) is 6.42 Å². The first-order chi connectivity index (χ1) is 8.20. The van der Waals surface area contributed by atoms with Gasteiger partial charge in [0.05, 0.1) is 12.2 Å². The van der Waals surface area contributed by atoms with Crippen molar-refractivity contribution in [3.8, 4) is 5.75 Å². The number of hydrogen-bond acceptors (Lipinski definition) is 2. The summed E-state index contributed by atoms with van der Waals surface area (Å²) in [6, 6.07) is 6.15. The molecule has 2 heteroatoms. The Kier molecular flexibility index (Phi) is 4.06. The van der Waals surface area contributed by atoms with Gasteiger partial charge >= 0.3 is 0 Å². The lowest BCUT2D eigenvalue weighted by molar-refractivity contribution is 0.155. The number of ether oxygens (including phenoxy) is 1. The van der Waals surface area contributed by atoms with Crippen molar-refractivity contribution in [1.29, 1.82) is 0 Å². The number of benzene rings is 1. The lowest BCUT2D eigenvalue weighted by atomic mass is 9.89. The molecule has 0 saturated heterocycles.